The molecule has 0 aromatic heterocycles. The maximum Gasteiger partial charge on any atom is 0.218 e. The van der Waals surface area contributed by atoms with Crippen LogP contribution in [0.25, 0.3) is 0 Å². The molecule has 70 valence electrons. The van der Waals surface area contributed by atoms with E-state index in [1.807, 2.05) is 7.05 Å². The van der Waals surface area contributed by atoms with Gasteiger partial charge in [-0.15, -0.1) is 0 Å². The maximum absolute atomic E-state index is 10.8. The van der Waals surface area contributed by atoms with Crippen LogP contribution in [0.5, 0.6) is 0 Å². The molecule has 1 heterocycles. The van der Waals surface area contributed by atoms with Gasteiger partial charge in [-0.1, -0.05) is 0 Å². The van der Waals surface area contributed by atoms with Crippen LogP contribution >= 0.6 is 0 Å². The normalized spacial score (nSPS) is 30.8. The predicted molar refractivity (Wildman–Crippen MR) is 47.4 cm³/mol. The minimum Gasteiger partial charge on any atom is -0.370 e. The van der Waals surface area contributed by atoms with Crippen LogP contribution in [0.2, 0.25) is 0 Å². The summed E-state index contributed by atoms with van der Waals surface area (Å²) in [6.45, 7) is 2.47. The topological polar surface area (TPSA) is 72.3 Å². The van der Waals surface area contributed by atoms with Crippen LogP contribution in [-0.2, 0) is 4.79 Å². The highest BCUT2D eigenvalue weighted by molar-refractivity contribution is 5.74. The van der Waals surface area contributed by atoms with Gasteiger partial charge in [-0.2, -0.15) is 0 Å². The minimum absolute atomic E-state index is 0.0411. The molecule has 1 saturated heterocycles. The van der Waals surface area contributed by atoms with E-state index >= 15 is 0 Å². The van der Waals surface area contributed by atoms with E-state index in [9.17, 15) is 4.79 Å². The summed E-state index contributed by atoms with van der Waals surface area (Å²) in [5.74, 6) is -0.240. The Hall–Kier alpha value is -0.610. The molecule has 0 bridgehead atoms. The number of primary amides is 1. The molecule has 1 atom stereocenters. The summed E-state index contributed by atoms with van der Waals surface area (Å²) < 4.78 is 0. The molecule has 0 radical (unpaired) electrons. The molecule has 4 nitrogen and oxygen atoms in total. The number of amides is 1. The Labute approximate surface area is 72.9 Å². The Morgan fingerprint density at radius 1 is 1.67 bits per heavy atom. The van der Waals surface area contributed by atoms with Gasteiger partial charge >= 0.3 is 0 Å². The third kappa shape index (κ3) is 1.95. The second kappa shape index (κ2) is 3.41. The molecule has 4 N–H and O–H groups in total. The number of hydrogen-bond acceptors (Lipinski definition) is 3. The van der Waals surface area contributed by atoms with Gasteiger partial charge in [-0.25, -0.2) is 0 Å². The lowest BCUT2D eigenvalue weighted by molar-refractivity contribution is -0.120. The molecule has 0 saturated carbocycles. The van der Waals surface area contributed by atoms with Crippen molar-refractivity contribution in [2.45, 2.75) is 12.8 Å². The van der Waals surface area contributed by atoms with E-state index in [2.05, 4.69) is 4.90 Å². The Morgan fingerprint density at radius 3 is 2.67 bits per heavy atom. The molecule has 4 heteroatoms. The van der Waals surface area contributed by atoms with Gasteiger partial charge in [0.2, 0.25) is 5.91 Å². The number of nitrogens with zero attached hydrogens (tertiary/aromatic N) is 1. The zero-order chi connectivity index (χ0) is 9.19. The number of carbonyl (C=O) groups excluding carboxylic acids is 1. The van der Waals surface area contributed by atoms with Crippen LogP contribution in [0.3, 0.4) is 0 Å². The van der Waals surface area contributed by atoms with Crippen molar-refractivity contribution in [1.82, 2.24) is 4.90 Å². The maximum atomic E-state index is 10.8. The highest BCUT2D eigenvalue weighted by Gasteiger charge is 2.36. The zero-order valence-electron chi connectivity index (χ0n) is 7.55. The van der Waals surface area contributed by atoms with Crippen LogP contribution in [0.1, 0.15) is 12.8 Å². The molecule has 12 heavy (non-hydrogen) atoms. The van der Waals surface area contributed by atoms with Crippen molar-refractivity contribution in [3.8, 4) is 0 Å². The SMILES string of the molecule is CN1CCC(CN)(CC(N)=O)C1. The van der Waals surface area contributed by atoms with E-state index in [1.54, 1.807) is 0 Å². The number of likely N-dealkylation sites (tertiary alicyclic amines) is 1. The highest BCUT2D eigenvalue weighted by atomic mass is 16.1. The van der Waals surface area contributed by atoms with Gasteiger partial charge in [-0.3, -0.25) is 4.79 Å². The first-order valence-electron chi connectivity index (χ1n) is 4.25. The smallest absolute Gasteiger partial charge is 0.218 e. The molecule has 1 fully saturated rings. The summed E-state index contributed by atoms with van der Waals surface area (Å²) in [6.07, 6.45) is 1.41. The Morgan fingerprint density at radius 2 is 2.33 bits per heavy atom. The van der Waals surface area contributed by atoms with Gasteiger partial charge in [-0.05, 0) is 26.6 Å². The quantitative estimate of drug-likeness (QED) is 0.580. The van der Waals surface area contributed by atoms with Crippen LogP contribution < -0.4 is 11.5 Å². The van der Waals surface area contributed by atoms with Crippen molar-refractivity contribution in [1.29, 1.82) is 0 Å². The van der Waals surface area contributed by atoms with Crippen molar-refractivity contribution < 1.29 is 4.79 Å². The van der Waals surface area contributed by atoms with Crippen LogP contribution in [-0.4, -0.2) is 37.5 Å². The van der Waals surface area contributed by atoms with E-state index in [-0.39, 0.29) is 11.3 Å². The largest absolute Gasteiger partial charge is 0.370 e. The van der Waals surface area contributed by atoms with Crippen molar-refractivity contribution in [3.05, 3.63) is 0 Å². The molecule has 1 amide bonds. The van der Waals surface area contributed by atoms with Crippen molar-refractivity contribution in [2.24, 2.45) is 16.9 Å². The standard InChI is InChI=1S/C8H17N3O/c1-11-3-2-8(5-9,6-11)4-7(10)12/h2-6,9H2,1H3,(H2,10,12). The molecule has 0 spiro atoms. The van der Waals surface area contributed by atoms with Crippen molar-refractivity contribution >= 4 is 5.91 Å². The van der Waals surface area contributed by atoms with E-state index in [1.165, 1.54) is 0 Å². The molecular formula is C8H17N3O. The molecular weight excluding hydrogens is 154 g/mol. The molecule has 0 aliphatic carbocycles. The van der Waals surface area contributed by atoms with Gasteiger partial charge in [0.15, 0.2) is 0 Å². The van der Waals surface area contributed by atoms with E-state index in [0.717, 1.165) is 19.5 Å². The first-order chi connectivity index (χ1) is 5.58. The Kier molecular flexibility index (Phi) is 2.69. The van der Waals surface area contributed by atoms with E-state index < -0.39 is 0 Å². The van der Waals surface area contributed by atoms with E-state index in [0.29, 0.717) is 13.0 Å². The minimum atomic E-state index is -0.240. The monoisotopic (exact) mass is 171 g/mol. The summed E-state index contributed by atoms with van der Waals surface area (Å²) in [7, 11) is 2.04. The summed E-state index contributed by atoms with van der Waals surface area (Å²) >= 11 is 0. The van der Waals surface area contributed by atoms with Gasteiger partial charge in [0.1, 0.15) is 0 Å². The fraction of sp³-hybridized carbons (Fsp3) is 0.875. The Balaban J connectivity index is 2.58. The lowest BCUT2D eigenvalue weighted by Crippen LogP contribution is -2.37. The fourth-order valence-corrected chi connectivity index (χ4v) is 1.91. The van der Waals surface area contributed by atoms with E-state index in [4.69, 9.17) is 11.5 Å². The van der Waals surface area contributed by atoms with Gasteiger partial charge in [0.05, 0.1) is 0 Å². The second-order valence-electron chi connectivity index (χ2n) is 3.83. The second-order valence-corrected chi connectivity index (χ2v) is 3.83. The molecule has 1 aliphatic rings. The number of carbonyl (C=O) groups is 1. The van der Waals surface area contributed by atoms with Crippen molar-refractivity contribution in [3.63, 3.8) is 0 Å². The van der Waals surface area contributed by atoms with Crippen LogP contribution in [0, 0.1) is 5.41 Å². The first kappa shape index (κ1) is 9.48. The summed E-state index contributed by atoms with van der Waals surface area (Å²) in [4.78, 5) is 13.0. The summed E-state index contributed by atoms with van der Waals surface area (Å²) in [6, 6.07) is 0. The van der Waals surface area contributed by atoms with Crippen LogP contribution in [0.4, 0.5) is 0 Å². The molecule has 1 rings (SSSR count). The molecule has 1 unspecified atom stereocenters. The fourth-order valence-electron chi connectivity index (χ4n) is 1.91. The number of nitrogens with two attached hydrogens (primary N) is 2. The van der Waals surface area contributed by atoms with Gasteiger partial charge in [0, 0.05) is 18.4 Å². The third-order valence-corrected chi connectivity index (χ3v) is 2.61. The summed E-state index contributed by atoms with van der Waals surface area (Å²) in [5, 5.41) is 0. The zero-order valence-corrected chi connectivity index (χ0v) is 7.55. The lowest BCUT2D eigenvalue weighted by atomic mass is 9.83. The van der Waals surface area contributed by atoms with Gasteiger partial charge in [0.25, 0.3) is 0 Å². The first-order valence-corrected chi connectivity index (χ1v) is 4.25. The predicted octanol–water partition coefficient (Wildman–Crippen LogP) is -0.858. The number of rotatable bonds is 3. The van der Waals surface area contributed by atoms with Crippen LogP contribution in [0.15, 0.2) is 0 Å². The number of hydrogen-bond donors (Lipinski definition) is 2. The molecule has 0 aromatic rings. The summed E-state index contributed by atoms with van der Waals surface area (Å²) in [5.41, 5.74) is 10.8. The molecule has 0 aromatic carbocycles. The average molecular weight is 171 g/mol. The van der Waals surface area contributed by atoms with Crippen molar-refractivity contribution in [2.75, 3.05) is 26.7 Å². The molecule has 1 aliphatic heterocycles. The highest BCUT2D eigenvalue weighted by Crippen LogP contribution is 2.31. The lowest BCUT2D eigenvalue weighted by Gasteiger charge is -2.25. The Bertz CT molecular complexity index is 183. The third-order valence-electron chi connectivity index (χ3n) is 2.61. The average Bonchev–Trinajstić information content (AvgIpc) is 2.32. The van der Waals surface area contributed by atoms with Gasteiger partial charge < -0.3 is 16.4 Å².